The van der Waals surface area contributed by atoms with Crippen LogP contribution in [0.1, 0.15) is 11.1 Å². The molecule has 4 fully saturated rings. The molecule has 6 rings (SSSR count). The lowest BCUT2D eigenvalue weighted by Crippen LogP contribution is -2.14. The monoisotopic (exact) mass is 470 g/mol. The summed E-state index contributed by atoms with van der Waals surface area (Å²) in [5.74, 6) is 2.43. The highest BCUT2D eigenvalue weighted by molar-refractivity contribution is 5.38. The molecule has 0 N–H and O–H groups in total. The minimum Gasteiger partial charge on any atom is -0.491 e. The summed E-state index contributed by atoms with van der Waals surface area (Å²) in [5, 5.41) is 0. The first-order chi connectivity index (χ1) is 16.7. The maximum absolute atomic E-state index is 5.96. The van der Waals surface area contributed by atoms with Gasteiger partial charge in [0.05, 0.1) is 26.4 Å². The zero-order chi connectivity index (χ0) is 22.9. The molecule has 0 saturated carbocycles. The molecule has 0 spiro atoms. The number of benzene rings is 2. The summed E-state index contributed by atoms with van der Waals surface area (Å²) in [7, 11) is 0. The second-order valence-corrected chi connectivity index (χ2v) is 9.27. The Morgan fingerprint density at radius 2 is 1.35 bits per heavy atom. The highest BCUT2D eigenvalue weighted by atomic mass is 16.7. The second-order valence-electron chi connectivity index (χ2n) is 9.27. The van der Waals surface area contributed by atoms with Crippen LogP contribution in [0.4, 0.5) is 0 Å². The maximum atomic E-state index is 5.96. The zero-order valence-corrected chi connectivity index (χ0v) is 19.2. The molecule has 4 heterocycles. The molecule has 0 radical (unpaired) electrons. The van der Waals surface area contributed by atoms with E-state index in [9.17, 15) is 0 Å². The van der Waals surface area contributed by atoms with Gasteiger partial charge in [0.15, 0.2) is 0 Å². The van der Waals surface area contributed by atoms with E-state index in [-0.39, 0.29) is 36.6 Å². The Hall–Kier alpha value is -2.36. The molecule has 0 bridgehead atoms. The Balaban J connectivity index is 0.887. The summed E-state index contributed by atoms with van der Waals surface area (Å²) >= 11 is 0. The fourth-order valence-corrected chi connectivity index (χ4v) is 3.94. The van der Waals surface area contributed by atoms with Crippen molar-refractivity contribution in [2.24, 2.45) is 0 Å². The Kier molecular flexibility index (Phi) is 6.32. The van der Waals surface area contributed by atoms with Crippen LogP contribution in [0.2, 0.25) is 0 Å². The first-order valence-electron chi connectivity index (χ1n) is 11.9. The number of hydrogen-bond acceptors (Lipinski definition) is 8. The molecule has 2 aromatic carbocycles. The van der Waals surface area contributed by atoms with Gasteiger partial charge < -0.3 is 37.9 Å². The quantitative estimate of drug-likeness (QED) is 0.390. The van der Waals surface area contributed by atoms with Gasteiger partial charge in [-0.05, 0) is 42.3 Å². The third kappa shape index (κ3) is 6.20. The third-order valence-corrected chi connectivity index (χ3v) is 6.13. The second kappa shape index (κ2) is 9.71. The smallest absolute Gasteiger partial charge is 0.123 e. The number of aryl methyl sites for hydroxylation is 1. The first-order valence-corrected chi connectivity index (χ1v) is 11.9. The molecule has 6 unspecified atom stereocenters. The minimum absolute atomic E-state index is 0.0454. The van der Waals surface area contributed by atoms with Gasteiger partial charge in [-0.3, -0.25) is 0 Å². The fourth-order valence-electron chi connectivity index (χ4n) is 3.94. The van der Waals surface area contributed by atoms with Crippen LogP contribution in [0.5, 0.6) is 17.2 Å². The lowest BCUT2D eigenvalue weighted by molar-refractivity contribution is 0.104. The summed E-state index contributed by atoms with van der Waals surface area (Å²) in [4.78, 5) is 0. The van der Waals surface area contributed by atoms with E-state index in [0.29, 0.717) is 33.0 Å². The van der Waals surface area contributed by atoms with Crippen molar-refractivity contribution < 1.29 is 37.9 Å². The molecule has 6 atom stereocenters. The molecule has 4 saturated heterocycles. The molecule has 4 aliphatic heterocycles. The van der Waals surface area contributed by atoms with Crippen LogP contribution in [0, 0.1) is 6.92 Å². The van der Waals surface area contributed by atoms with E-state index in [0.717, 1.165) is 41.6 Å². The molecule has 0 amide bonds. The van der Waals surface area contributed by atoms with Gasteiger partial charge in [-0.1, -0.05) is 12.1 Å². The topological polar surface area (TPSA) is 87.0 Å². The SMILES string of the molecule is Cc1cc(OCC2CO2)cc(OCC2OC2C2OC2COCc2cccc(OCC3CO3)c2)c1. The highest BCUT2D eigenvalue weighted by Crippen LogP contribution is 2.39. The average molecular weight is 471 g/mol. The van der Waals surface area contributed by atoms with Gasteiger partial charge in [-0.2, -0.15) is 0 Å². The molecule has 0 aromatic heterocycles. The molecule has 2 aromatic rings. The molecule has 4 aliphatic rings. The fraction of sp³-hybridized carbons (Fsp3) is 0.538. The molecule has 34 heavy (non-hydrogen) atoms. The standard InChI is InChI=1S/C26H30O8/c1-16-5-19(29-11-22-13-31-22)8-20(6-16)32-15-24-26(34-24)25-23(33-25)14-27-9-17-3-2-4-18(7-17)28-10-21-12-30-21/h2-8,21-26H,9-15H2,1H3. The van der Waals surface area contributed by atoms with Crippen molar-refractivity contribution >= 4 is 0 Å². The summed E-state index contributed by atoms with van der Waals surface area (Å²) in [5.41, 5.74) is 2.17. The van der Waals surface area contributed by atoms with Crippen LogP contribution in [-0.2, 0) is 30.3 Å². The number of ether oxygens (including phenoxy) is 8. The minimum atomic E-state index is 0.0454. The van der Waals surface area contributed by atoms with Crippen LogP contribution in [0.3, 0.4) is 0 Å². The van der Waals surface area contributed by atoms with E-state index >= 15 is 0 Å². The van der Waals surface area contributed by atoms with Crippen LogP contribution in [0.15, 0.2) is 42.5 Å². The van der Waals surface area contributed by atoms with Gasteiger partial charge in [0.1, 0.15) is 73.7 Å². The molecule has 8 nitrogen and oxygen atoms in total. The lowest BCUT2D eigenvalue weighted by atomic mass is 10.2. The van der Waals surface area contributed by atoms with Crippen molar-refractivity contribution in [1.29, 1.82) is 0 Å². The lowest BCUT2D eigenvalue weighted by Gasteiger charge is -2.10. The summed E-state index contributed by atoms with van der Waals surface area (Å²) < 4.78 is 45.3. The number of epoxide rings is 4. The average Bonchev–Trinajstić information content (AvgIpc) is 3.67. The van der Waals surface area contributed by atoms with Crippen molar-refractivity contribution in [3.05, 3.63) is 53.6 Å². The largest absolute Gasteiger partial charge is 0.491 e. The number of rotatable bonds is 14. The van der Waals surface area contributed by atoms with E-state index in [1.165, 1.54) is 0 Å². The van der Waals surface area contributed by atoms with Crippen molar-refractivity contribution in [3.8, 4) is 17.2 Å². The van der Waals surface area contributed by atoms with E-state index in [1.54, 1.807) is 0 Å². The van der Waals surface area contributed by atoms with E-state index in [4.69, 9.17) is 37.9 Å². The van der Waals surface area contributed by atoms with E-state index in [1.807, 2.05) is 49.4 Å². The summed E-state index contributed by atoms with van der Waals surface area (Å²) in [6, 6.07) is 13.9. The predicted octanol–water partition coefficient (Wildman–Crippen LogP) is 2.68. The van der Waals surface area contributed by atoms with Crippen LogP contribution in [-0.4, -0.2) is 76.3 Å². The van der Waals surface area contributed by atoms with Crippen LogP contribution in [0.25, 0.3) is 0 Å². The van der Waals surface area contributed by atoms with Gasteiger partial charge in [-0.25, -0.2) is 0 Å². The van der Waals surface area contributed by atoms with Crippen molar-refractivity contribution in [2.45, 2.75) is 50.2 Å². The highest BCUT2D eigenvalue weighted by Gasteiger charge is 2.57. The molecule has 8 heteroatoms. The van der Waals surface area contributed by atoms with Crippen molar-refractivity contribution in [3.63, 3.8) is 0 Å². The van der Waals surface area contributed by atoms with Gasteiger partial charge in [0, 0.05) is 6.07 Å². The number of hydrogen-bond donors (Lipinski definition) is 0. The van der Waals surface area contributed by atoms with E-state index in [2.05, 4.69) is 0 Å². The van der Waals surface area contributed by atoms with Gasteiger partial charge in [0.2, 0.25) is 0 Å². The molecule has 0 aliphatic carbocycles. The summed E-state index contributed by atoms with van der Waals surface area (Å²) in [6.45, 7) is 6.33. The third-order valence-electron chi connectivity index (χ3n) is 6.13. The molecular weight excluding hydrogens is 440 g/mol. The molecule has 182 valence electrons. The summed E-state index contributed by atoms with van der Waals surface area (Å²) in [6.07, 6.45) is 0.750. The van der Waals surface area contributed by atoms with Crippen molar-refractivity contribution in [2.75, 3.05) is 39.6 Å². The van der Waals surface area contributed by atoms with Gasteiger partial charge in [0.25, 0.3) is 0 Å². The van der Waals surface area contributed by atoms with Crippen LogP contribution < -0.4 is 14.2 Å². The van der Waals surface area contributed by atoms with Crippen molar-refractivity contribution in [1.82, 2.24) is 0 Å². The first kappa shape index (κ1) is 22.1. The zero-order valence-electron chi connectivity index (χ0n) is 19.2. The van der Waals surface area contributed by atoms with Gasteiger partial charge in [-0.15, -0.1) is 0 Å². The predicted molar refractivity (Wildman–Crippen MR) is 121 cm³/mol. The molecular formula is C26H30O8. The normalized spacial score (nSPS) is 30.5. The Bertz CT molecular complexity index is 989. The van der Waals surface area contributed by atoms with Crippen LogP contribution >= 0.6 is 0 Å². The maximum Gasteiger partial charge on any atom is 0.123 e. The Morgan fingerprint density at radius 3 is 2.03 bits per heavy atom. The Morgan fingerprint density at radius 1 is 0.735 bits per heavy atom. The Labute approximate surface area is 198 Å². The van der Waals surface area contributed by atoms with Gasteiger partial charge >= 0.3 is 0 Å². The van der Waals surface area contributed by atoms with E-state index < -0.39 is 0 Å².